The predicted molar refractivity (Wildman–Crippen MR) is 98.3 cm³/mol. The summed E-state index contributed by atoms with van der Waals surface area (Å²) in [6.07, 6.45) is 7.44. The molecule has 0 aromatic rings. The van der Waals surface area contributed by atoms with Crippen LogP contribution in [0.2, 0.25) is 18.1 Å². The van der Waals surface area contributed by atoms with Crippen molar-refractivity contribution in [3.63, 3.8) is 0 Å². The Morgan fingerprint density at radius 2 is 2.04 bits per heavy atom. The molecule has 0 radical (unpaired) electrons. The van der Waals surface area contributed by atoms with Crippen molar-refractivity contribution < 1.29 is 18.8 Å². The first-order chi connectivity index (χ1) is 11.1. The van der Waals surface area contributed by atoms with Gasteiger partial charge in [0.05, 0.1) is 13.2 Å². The molecule has 0 saturated heterocycles. The van der Waals surface area contributed by atoms with Crippen LogP contribution in [0, 0.1) is 0 Å². The Kier molecular flexibility index (Phi) is 7.40. The normalized spacial score (nSPS) is 18.0. The van der Waals surface area contributed by atoms with Crippen LogP contribution >= 0.6 is 0 Å². The third-order valence-electron chi connectivity index (χ3n) is 4.66. The van der Waals surface area contributed by atoms with Gasteiger partial charge in [0.2, 0.25) is 0 Å². The Balaban J connectivity index is 2.56. The number of allylic oxidation sites excluding steroid dienone is 2. The van der Waals surface area contributed by atoms with E-state index in [1.165, 1.54) is 7.11 Å². The molecule has 24 heavy (non-hydrogen) atoms. The van der Waals surface area contributed by atoms with Crippen molar-refractivity contribution >= 4 is 20.1 Å². The number of carbonyl (C=O) groups excluding carboxylic acids is 2. The molecule has 1 aliphatic rings. The minimum atomic E-state index is -1.87. The van der Waals surface area contributed by atoms with Crippen LogP contribution in [-0.2, 0) is 18.8 Å². The first-order valence-corrected chi connectivity index (χ1v) is 11.4. The number of ether oxygens (including phenoxy) is 1. The number of ketones is 1. The Bertz CT molecular complexity index is 560. The van der Waals surface area contributed by atoms with E-state index in [0.717, 1.165) is 5.57 Å². The zero-order valence-corrected chi connectivity index (χ0v) is 16.8. The number of Topliss-reactive ketones (excluding diaryl/α,β-unsaturated/α-hetero) is 1. The molecule has 5 heteroatoms. The lowest BCUT2D eigenvalue weighted by atomic mass is 10.1. The SMILES string of the molecule is COC(=O)CCC=C=CCC1=C[C@H](O[Si](C)(C)C(C)(C)C)CC1=O. The molecular formula is C19H30O4Si. The predicted octanol–water partition coefficient (Wildman–Crippen LogP) is 4.33. The fraction of sp³-hybridized carbons (Fsp3) is 0.632. The molecule has 0 spiro atoms. The van der Waals surface area contributed by atoms with E-state index in [0.29, 0.717) is 25.7 Å². The Hall–Kier alpha value is -1.42. The van der Waals surface area contributed by atoms with E-state index < -0.39 is 8.32 Å². The van der Waals surface area contributed by atoms with E-state index in [2.05, 4.69) is 44.3 Å². The summed E-state index contributed by atoms with van der Waals surface area (Å²) < 4.78 is 10.9. The fourth-order valence-electron chi connectivity index (χ4n) is 2.13. The van der Waals surface area contributed by atoms with Gasteiger partial charge in [-0.3, -0.25) is 9.59 Å². The van der Waals surface area contributed by atoms with Gasteiger partial charge in [-0.25, -0.2) is 0 Å². The highest BCUT2D eigenvalue weighted by molar-refractivity contribution is 6.74. The number of hydrogen-bond donors (Lipinski definition) is 0. The van der Waals surface area contributed by atoms with E-state index in [1.807, 2.05) is 12.2 Å². The average Bonchev–Trinajstić information content (AvgIpc) is 2.80. The summed E-state index contributed by atoms with van der Waals surface area (Å²) >= 11 is 0. The van der Waals surface area contributed by atoms with E-state index in [4.69, 9.17) is 4.43 Å². The Labute approximate surface area is 146 Å². The largest absolute Gasteiger partial charge is 0.469 e. The first kappa shape index (κ1) is 20.6. The van der Waals surface area contributed by atoms with Gasteiger partial charge in [-0.15, -0.1) is 5.73 Å². The third-order valence-corrected chi connectivity index (χ3v) is 9.17. The highest BCUT2D eigenvalue weighted by Gasteiger charge is 2.40. The summed E-state index contributed by atoms with van der Waals surface area (Å²) in [6, 6.07) is 0. The number of hydrogen-bond acceptors (Lipinski definition) is 4. The number of esters is 1. The van der Waals surface area contributed by atoms with Gasteiger partial charge >= 0.3 is 5.97 Å². The van der Waals surface area contributed by atoms with E-state index in [9.17, 15) is 9.59 Å². The van der Waals surface area contributed by atoms with Crippen molar-refractivity contribution in [3.05, 3.63) is 29.5 Å². The maximum Gasteiger partial charge on any atom is 0.305 e. The quantitative estimate of drug-likeness (QED) is 0.389. The second-order valence-electron chi connectivity index (χ2n) is 7.63. The van der Waals surface area contributed by atoms with Crippen LogP contribution < -0.4 is 0 Å². The van der Waals surface area contributed by atoms with Crippen LogP contribution in [0.15, 0.2) is 29.5 Å². The minimum absolute atomic E-state index is 0.0925. The topological polar surface area (TPSA) is 52.6 Å². The molecule has 0 bridgehead atoms. The van der Waals surface area contributed by atoms with Gasteiger partial charge in [0.15, 0.2) is 14.1 Å². The van der Waals surface area contributed by atoms with Crippen molar-refractivity contribution in [2.45, 2.75) is 70.7 Å². The molecule has 0 heterocycles. The van der Waals surface area contributed by atoms with Crippen LogP contribution in [0.25, 0.3) is 0 Å². The molecular weight excluding hydrogens is 320 g/mol. The van der Waals surface area contributed by atoms with Crippen LogP contribution in [0.5, 0.6) is 0 Å². The number of carbonyl (C=O) groups is 2. The van der Waals surface area contributed by atoms with Crippen molar-refractivity contribution in [2.75, 3.05) is 7.11 Å². The molecule has 1 aliphatic carbocycles. The van der Waals surface area contributed by atoms with Gasteiger partial charge in [-0.2, -0.15) is 0 Å². The minimum Gasteiger partial charge on any atom is -0.469 e. The zero-order valence-electron chi connectivity index (χ0n) is 15.8. The second-order valence-corrected chi connectivity index (χ2v) is 12.4. The summed E-state index contributed by atoms with van der Waals surface area (Å²) in [6.45, 7) is 11.0. The van der Waals surface area contributed by atoms with Gasteiger partial charge in [0.1, 0.15) is 0 Å². The zero-order chi connectivity index (χ0) is 18.4. The van der Waals surface area contributed by atoms with Crippen molar-refractivity contribution in [3.8, 4) is 0 Å². The number of rotatable bonds is 7. The molecule has 0 fully saturated rings. The molecule has 0 saturated carbocycles. The highest BCUT2D eigenvalue weighted by atomic mass is 28.4. The molecule has 0 aliphatic heterocycles. The van der Waals surface area contributed by atoms with Crippen LogP contribution in [0.3, 0.4) is 0 Å². The molecule has 1 rings (SSSR count). The van der Waals surface area contributed by atoms with Crippen LogP contribution in [0.1, 0.15) is 46.5 Å². The third kappa shape index (κ3) is 6.23. The molecule has 0 aromatic heterocycles. The molecule has 0 amide bonds. The van der Waals surface area contributed by atoms with Crippen LogP contribution in [-0.4, -0.2) is 33.3 Å². The standard InChI is InChI=1S/C19H30O4Si/c1-19(2,3)24(5,6)23-16-13-15(17(20)14-16)11-9-7-8-10-12-18(21)22-4/h8-9,13,16H,10-12,14H2,1-6H3/t7?,16-/m0/s1. The van der Waals surface area contributed by atoms with E-state index >= 15 is 0 Å². The van der Waals surface area contributed by atoms with Crippen molar-refractivity contribution in [1.29, 1.82) is 0 Å². The monoisotopic (exact) mass is 350 g/mol. The summed E-state index contributed by atoms with van der Waals surface area (Å²) in [5.41, 5.74) is 3.82. The summed E-state index contributed by atoms with van der Waals surface area (Å²) in [7, 11) is -0.488. The second kappa shape index (κ2) is 8.61. The van der Waals surface area contributed by atoms with Gasteiger partial charge in [0.25, 0.3) is 0 Å². The smallest absolute Gasteiger partial charge is 0.305 e. The summed E-state index contributed by atoms with van der Waals surface area (Å²) in [5.74, 6) is -0.0707. The fourth-order valence-corrected chi connectivity index (χ4v) is 3.39. The molecule has 134 valence electrons. The molecule has 0 aromatic carbocycles. The number of methoxy groups -OCH3 is 1. The maximum atomic E-state index is 12.1. The lowest BCUT2D eigenvalue weighted by Crippen LogP contribution is -2.43. The lowest BCUT2D eigenvalue weighted by molar-refractivity contribution is -0.140. The Morgan fingerprint density at radius 1 is 1.38 bits per heavy atom. The van der Waals surface area contributed by atoms with E-state index in [1.54, 1.807) is 6.08 Å². The maximum absolute atomic E-state index is 12.1. The van der Waals surface area contributed by atoms with Gasteiger partial charge in [-0.1, -0.05) is 20.8 Å². The lowest BCUT2D eigenvalue weighted by Gasteiger charge is -2.37. The summed E-state index contributed by atoms with van der Waals surface area (Å²) in [5, 5.41) is 0.134. The average molecular weight is 351 g/mol. The van der Waals surface area contributed by atoms with Gasteiger partial charge in [-0.05, 0) is 48.4 Å². The van der Waals surface area contributed by atoms with Gasteiger partial charge < -0.3 is 9.16 Å². The first-order valence-electron chi connectivity index (χ1n) is 8.45. The van der Waals surface area contributed by atoms with Gasteiger partial charge in [0, 0.05) is 19.3 Å². The Morgan fingerprint density at radius 3 is 2.62 bits per heavy atom. The van der Waals surface area contributed by atoms with E-state index in [-0.39, 0.29) is 22.9 Å². The molecule has 4 nitrogen and oxygen atoms in total. The van der Waals surface area contributed by atoms with Crippen LogP contribution in [0.4, 0.5) is 0 Å². The molecule has 0 unspecified atom stereocenters. The highest BCUT2D eigenvalue weighted by Crippen LogP contribution is 2.38. The molecule has 1 atom stereocenters. The summed E-state index contributed by atoms with van der Waals surface area (Å²) in [4.78, 5) is 23.1. The van der Waals surface area contributed by atoms with Crippen molar-refractivity contribution in [2.24, 2.45) is 0 Å². The van der Waals surface area contributed by atoms with Crippen molar-refractivity contribution in [1.82, 2.24) is 0 Å². The molecule has 0 N–H and O–H groups in total.